The Balaban J connectivity index is 1.69. The molecule has 3 aliphatic rings. The van der Waals surface area contributed by atoms with Gasteiger partial charge in [-0.25, -0.2) is 0 Å². The number of nitrogens with zero attached hydrogens (tertiary/aromatic N) is 1. The van der Waals surface area contributed by atoms with Crippen molar-refractivity contribution in [1.82, 2.24) is 4.90 Å². The number of carbonyl (C=O) groups excluding carboxylic acids is 1. The van der Waals surface area contributed by atoms with Crippen LogP contribution in [0.25, 0.3) is 0 Å². The molecule has 2 heterocycles. The fraction of sp³-hybridized carbons (Fsp3) is 0.933. The third-order valence-corrected chi connectivity index (χ3v) is 5.22. The van der Waals surface area contributed by atoms with E-state index in [1.54, 1.807) is 0 Å². The van der Waals surface area contributed by atoms with Crippen molar-refractivity contribution in [1.29, 1.82) is 0 Å². The van der Waals surface area contributed by atoms with Crippen molar-refractivity contribution >= 4 is 5.97 Å². The number of hydrogen-bond donors (Lipinski definition) is 0. The number of rotatable bonds is 2. The molecule has 0 radical (unpaired) electrons. The van der Waals surface area contributed by atoms with Crippen LogP contribution in [0, 0.1) is 0 Å². The maximum atomic E-state index is 12.0. The summed E-state index contributed by atoms with van der Waals surface area (Å²) in [5, 5.41) is 0. The van der Waals surface area contributed by atoms with Crippen LogP contribution in [-0.2, 0) is 14.3 Å². The summed E-state index contributed by atoms with van der Waals surface area (Å²) in [6, 6.07) is 0.498. The molecule has 1 unspecified atom stereocenters. The largest absolute Gasteiger partial charge is 0.468 e. The molecule has 0 aromatic carbocycles. The van der Waals surface area contributed by atoms with Crippen LogP contribution in [0.3, 0.4) is 0 Å². The second kappa shape index (κ2) is 5.41. The maximum Gasteiger partial charge on any atom is 0.323 e. The van der Waals surface area contributed by atoms with Crippen molar-refractivity contribution < 1.29 is 14.3 Å². The maximum absolute atomic E-state index is 12.0. The minimum absolute atomic E-state index is 0.0148. The van der Waals surface area contributed by atoms with Gasteiger partial charge in [0, 0.05) is 12.6 Å². The third kappa shape index (κ3) is 2.52. The van der Waals surface area contributed by atoms with Gasteiger partial charge in [-0.2, -0.15) is 0 Å². The fourth-order valence-corrected chi connectivity index (χ4v) is 3.98. The molecular formula is C15H25NO3. The van der Waals surface area contributed by atoms with Crippen molar-refractivity contribution in [2.75, 3.05) is 20.3 Å². The molecule has 4 nitrogen and oxygen atoms in total. The standard InChI is InChI=1S/C15H25NO3/c1-18-14(17)13-5-2-3-9-16(13)12-6-10-19-15(11-12)7-4-8-15/h12-13H,2-11H2,1H3/t12?,13-/m1/s1. The van der Waals surface area contributed by atoms with E-state index in [4.69, 9.17) is 9.47 Å². The van der Waals surface area contributed by atoms with Crippen LogP contribution in [0.1, 0.15) is 51.4 Å². The van der Waals surface area contributed by atoms with Crippen molar-refractivity contribution in [2.24, 2.45) is 0 Å². The van der Waals surface area contributed by atoms with E-state index in [-0.39, 0.29) is 17.6 Å². The van der Waals surface area contributed by atoms with E-state index < -0.39 is 0 Å². The second-order valence-corrected chi connectivity index (χ2v) is 6.30. The molecular weight excluding hydrogens is 242 g/mol. The van der Waals surface area contributed by atoms with Gasteiger partial charge in [0.05, 0.1) is 12.7 Å². The summed E-state index contributed by atoms with van der Waals surface area (Å²) in [6.45, 7) is 1.90. The van der Waals surface area contributed by atoms with Gasteiger partial charge in [0.15, 0.2) is 0 Å². The number of likely N-dealkylation sites (tertiary alicyclic amines) is 1. The summed E-state index contributed by atoms with van der Waals surface area (Å²) in [5.41, 5.74) is 0.154. The van der Waals surface area contributed by atoms with Gasteiger partial charge in [0.1, 0.15) is 6.04 Å². The smallest absolute Gasteiger partial charge is 0.323 e. The van der Waals surface area contributed by atoms with Crippen LogP contribution in [0.4, 0.5) is 0 Å². The Morgan fingerprint density at radius 3 is 2.79 bits per heavy atom. The van der Waals surface area contributed by atoms with Gasteiger partial charge in [0.25, 0.3) is 0 Å². The quantitative estimate of drug-likeness (QED) is 0.718. The topological polar surface area (TPSA) is 38.8 Å². The highest BCUT2D eigenvalue weighted by atomic mass is 16.5. The van der Waals surface area contributed by atoms with Gasteiger partial charge >= 0.3 is 5.97 Å². The van der Waals surface area contributed by atoms with E-state index in [0.717, 1.165) is 38.8 Å². The summed E-state index contributed by atoms with van der Waals surface area (Å²) in [5.74, 6) is -0.0474. The summed E-state index contributed by atoms with van der Waals surface area (Å²) in [4.78, 5) is 14.4. The zero-order valence-electron chi connectivity index (χ0n) is 11.9. The normalized spacial score (nSPS) is 34.8. The number of ether oxygens (including phenoxy) is 2. The van der Waals surface area contributed by atoms with Gasteiger partial charge < -0.3 is 9.47 Å². The molecule has 2 atom stereocenters. The molecule has 1 spiro atoms. The zero-order chi connectivity index (χ0) is 13.3. The molecule has 3 rings (SSSR count). The molecule has 108 valence electrons. The Morgan fingerprint density at radius 1 is 1.26 bits per heavy atom. The van der Waals surface area contributed by atoms with E-state index in [0.29, 0.717) is 6.04 Å². The average molecular weight is 267 g/mol. The van der Waals surface area contributed by atoms with Crippen LogP contribution in [-0.4, -0.2) is 48.8 Å². The SMILES string of the molecule is COC(=O)[C@H]1CCCCN1C1CCOC2(CCC2)C1. The zero-order valence-corrected chi connectivity index (χ0v) is 11.9. The Labute approximate surface area is 115 Å². The predicted molar refractivity (Wildman–Crippen MR) is 71.9 cm³/mol. The van der Waals surface area contributed by atoms with Gasteiger partial charge in [-0.1, -0.05) is 6.42 Å². The monoisotopic (exact) mass is 267 g/mol. The molecule has 2 saturated heterocycles. The number of esters is 1. The Hall–Kier alpha value is -0.610. The Morgan fingerprint density at radius 2 is 2.11 bits per heavy atom. The Kier molecular flexibility index (Phi) is 3.81. The van der Waals surface area contributed by atoms with Crippen molar-refractivity contribution in [3.05, 3.63) is 0 Å². The van der Waals surface area contributed by atoms with E-state index in [1.807, 2.05) is 0 Å². The molecule has 1 saturated carbocycles. The molecule has 3 fully saturated rings. The minimum atomic E-state index is -0.0474. The molecule has 0 aromatic heterocycles. The van der Waals surface area contributed by atoms with Gasteiger partial charge in [0.2, 0.25) is 0 Å². The molecule has 4 heteroatoms. The summed E-state index contributed by atoms with van der Waals surface area (Å²) in [6.07, 6.45) is 9.20. The van der Waals surface area contributed by atoms with Crippen LogP contribution >= 0.6 is 0 Å². The molecule has 0 amide bonds. The highest BCUT2D eigenvalue weighted by molar-refractivity contribution is 5.75. The molecule has 19 heavy (non-hydrogen) atoms. The second-order valence-electron chi connectivity index (χ2n) is 6.30. The molecule has 2 aliphatic heterocycles. The number of carbonyl (C=O) groups is 1. The molecule has 0 N–H and O–H groups in total. The summed E-state index contributed by atoms with van der Waals surface area (Å²) in [7, 11) is 1.51. The number of methoxy groups -OCH3 is 1. The molecule has 0 bridgehead atoms. The van der Waals surface area contributed by atoms with E-state index in [1.165, 1.54) is 32.8 Å². The first-order valence-electron chi connectivity index (χ1n) is 7.72. The van der Waals surface area contributed by atoms with Crippen molar-refractivity contribution in [3.8, 4) is 0 Å². The van der Waals surface area contributed by atoms with Crippen LogP contribution < -0.4 is 0 Å². The molecule has 0 aromatic rings. The third-order valence-electron chi connectivity index (χ3n) is 5.22. The first-order valence-corrected chi connectivity index (χ1v) is 7.72. The lowest BCUT2D eigenvalue weighted by molar-refractivity contribution is -0.165. The summed E-state index contributed by atoms with van der Waals surface area (Å²) >= 11 is 0. The van der Waals surface area contributed by atoms with Gasteiger partial charge in [-0.3, -0.25) is 9.69 Å². The highest BCUT2D eigenvalue weighted by Gasteiger charge is 2.46. The summed E-state index contributed by atoms with van der Waals surface area (Å²) < 4.78 is 11.0. The number of piperidine rings is 1. The lowest BCUT2D eigenvalue weighted by Crippen LogP contribution is -2.57. The lowest BCUT2D eigenvalue weighted by Gasteiger charge is -2.51. The van der Waals surface area contributed by atoms with Gasteiger partial charge in [-0.15, -0.1) is 0 Å². The molecule has 1 aliphatic carbocycles. The van der Waals surface area contributed by atoms with E-state index in [9.17, 15) is 4.79 Å². The van der Waals surface area contributed by atoms with Crippen molar-refractivity contribution in [3.63, 3.8) is 0 Å². The van der Waals surface area contributed by atoms with Crippen LogP contribution in [0.2, 0.25) is 0 Å². The highest BCUT2D eigenvalue weighted by Crippen LogP contribution is 2.44. The fourth-order valence-electron chi connectivity index (χ4n) is 3.98. The Bertz CT molecular complexity index is 340. The first-order chi connectivity index (χ1) is 9.24. The average Bonchev–Trinajstić information content (AvgIpc) is 2.45. The van der Waals surface area contributed by atoms with Crippen LogP contribution in [0.5, 0.6) is 0 Å². The number of hydrogen-bond acceptors (Lipinski definition) is 4. The predicted octanol–water partition coefficient (Wildman–Crippen LogP) is 2.12. The van der Waals surface area contributed by atoms with E-state index in [2.05, 4.69) is 4.90 Å². The van der Waals surface area contributed by atoms with Crippen LogP contribution in [0.15, 0.2) is 0 Å². The van der Waals surface area contributed by atoms with Crippen molar-refractivity contribution in [2.45, 2.75) is 69.1 Å². The lowest BCUT2D eigenvalue weighted by atomic mass is 9.73. The van der Waals surface area contributed by atoms with Gasteiger partial charge in [-0.05, 0) is 51.5 Å². The van der Waals surface area contributed by atoms with E-state index >= 15 is 0 Å². The minimum Gasteiger partial charge on any atom is -0.468 e. The first kappa shape index (κ1) is 13.4.